The molecule has 0 unspecified atom stereocenters. The molecule has 2 rings (SSSR count). The van der Waals surface area contributed by atoms with E-state index in [4.69, 9.17) is 0 Å². The Morgan fingerprint density at radius 3 is 2.78 bits per heavy atom. The van der Waals surface area contributed by atoms with Gasteiger partial charge in [-0.15, -0.1) is 0 Å². The number of aryl methyl sites for hydroxylation is 1. The van der Waals surface area contributed by atoms with Gasteiger partial charge in [-0.05, 0) is 52.7 Å². The lowest BCUT2D eigenvalue weighted by atomic mass is 10.1. The molecule has 0 aliphatic carbocycles. The molecule has 3 nitrogen and oxygen atoms in total. The van der Waals surface area contributed by atoms with Crippen molar-refractivity contribution < 1.29 is 9.18 Å². The number of carbonyl (C=O) groups excluding carboxylic acids is 1. The molecule has 0 spiro atoms. The highest BCUT2D eigenvalue weighted by atomic mass is 79.9. The lowest BCUT2D eigenvalue weighted by Gasteiger charge is -2.06. The summed E-state index contributed by atoms with van der Waals surface area (Å²) >= 11 is 3.20. The van der Waals surface area contributed by atoms with Crippen LogP contribution in [0.1, 0.15) is 15.9 Å². The number of benzene rings is 1. The number of nitrogens with one attached hydrogen (secondary N) is 1. The smallest absolute Gasteiger partial charge is 0.259 e. The Hall–Kier alpha value is -1.75. The van der Waals surface area contributed by atoms with Crippen molar-refractivity contribution in [2.75, 3.05) is 5.32 Å². The van der Waals surface area contributed by atoms with Crippen molar-refractivity contribution >= 4 is 27.7 Å². The number of anilines is 1. The SMILES string of the molecule is Cc1ccc(C(=O)Nc2cccc(Br)n2)c(F)c1. The molecule has 1 amide bonds. The minimum absolute atomic E-state index is 0.00220. The fourth-order valence-corrected chi connectivity index (χ4v) is 1.81. The fourth-order valence-electron chi connectivity index (χ4n) is 1.47. The summed E-state index contributed by atoms with van der Waals surface area (Å²) in [4.78, 5) is 15.9. The van der Waals surface area contributed by atoms with Gasteiger partial charge in [-0.1, -0.05) is 12.1 Å². The van der Waals surface area contributed by atoms with Crippen LogP contribution in [-0.4, -0.2) is 10.9 Å². The van der Waals surface area contributed by atoms with Crippen molar-refractivity contribution in [3.8, 4) is 0 Å². The first-order chi connectivity index (χ1) is 8.56. The maximum atomic E-state index is 13.6. The van der Waals surface area contributed by atoms with E-state index >= 15 is 0 Å². The van der Waals surface area contributed by atoms with Gasteiger partial charge in [-0.25, -0.2) is 9.37 Å². The number of hydrogen-bond acceptors (Lipinski definition) is 2. The summed E-state index contributed by atoms with van der Waals surface area (Å²) in [5, 5.41) is 2.54. The third-order valence-corrected chi connectivity index (χ3v) is 2.77. The lowest BCUT2D eigenvalue weighted by molar-refractivity contribution is 0.102. The zero-order valence-corrected chi connectivity index (χ0v) is 11.2. The van der Waals surface area contributed by atoms with E-state index in [2.05, 4.69) is 26.2 Å². The van der Waals surface area contributed by atoms with Crippen LogP contribution < -0.4 is 5.32 Å². The Balaban J connectivity index is 2.22. The van der Waals surface area contributed by atoms with Crippen molar-refractivity contribution in [3.63, 3.8) is 0 Å². The minimum Gasteiger partial charge on any atom is -0.306 e. The van der Waals surface area contributed by atoms with Crippen LogP contribution in [0.5, 0.6) is 0 Å². The lowest BCUT2D eigenvalue weighted by Crippen LogP contribution is -2.14. The number of pyridine rings is 1. The molecular weight excluding hydrogens is 299 g/mol. The van der Waals surface area contributed by atoms with Gasteiger partial charge in [0.2, 0.25) is 0 Å². The average Bonchev–Trinajstić information content (AvgIpc) is 2.28. The van der Waals surface area contributed by atoms with Gasteiger partial charge in [0.25, 0.3) is 5.91 Å². The molecule has 1 aromatic carbocycles. The fraction of sp³-hybridized carbons (Fsp3) is 0.0769. The molecule has 1 N–H and O–H groups in total. The van der Waals surface area contributed by atoms with E-state index in [-0.39, 0.29) is 5.56 Å². The van der Waals surface area contributed by atoms with E-state index in [0.29, 0.717) is 10.4 Å². The molecule has 0 radical (unpaired) electrons. The maximum Gasteiger partial charge on any atom is 0.259 e. The summed E-state index contributed by atoms with van der Waals surface area (Å²) in [6, 6.07) is 9.57. The Morgan fingerprint density at radius 1 is 1.33 bits per heavy atom. The second kappa shape index (κ2) is 5.27. The van der Waals surface area contributed by atoms with Crippen LogP contribution in [0.15, 0.2) is 41.0 Å². The predicted octanol–water partition coefficient (Wildman–Crippen LogP) is 3.54. The molecule has 1 aromatic heterocycles. The summed E-state index contributed by atoms with van der Waals surface area (Å²) in [5.41, 5.74) is 0.770. The third-order valence-electron chi connectivity index (χ3n) is 2.33. The molecule has 0 saturated carbocycles. The average molecular weight is 309 g/mol. The van der Waals surface area contributed by atoms with Gasteiger partial charge in [0.15, 0.2) is 0 Å². The molecule has 0 bridgehead atoms. The predicted molar refractivity (Wildman–Crippen MR) is 71.0 cm³/mol. The van der Waals surface area contributed by atoms with Crippen LogP contribution in [0.3, 0.4) is 0 Å². The zero-order valence-electron chi connectivity index (χ0n) is 9.58. The van der Waals surface area contributed by atoms with Gasteiger partial charge >= 0.3 is 0 Å². The largest absolute Gasteiger partial charge is 0.306 e. The highest BCUT2D eigenvalue weighted by molar-refractivity contribution is 9.10. The van der Waals surface area contributed by atoms with Crippen LogP contribution in [0.25, 0.3) is 0 Å². The summed E-state index contributed by atoms with van der Waals surface area (Å²) in [7, 11) is 0. The van der Waals surface area contributed by atoms with Gasteiger partial charge in [-0.3, -0.25) is 4.79 Å². The van der Waals surface area contributed by atoms with Crippen molar-refractivity contribution in [3.05, 3.63) is 57.9 Å². The Labute approximate surface area is 112 Å². The van der Waals surface area contributed by atoms with Gasteiger partial charge in [0.05, 0.1) is 5.56 Å². The summed E-state index contributed by atoms with van der Waals surface area (Å²) in [5.74, 6) is -0.685. The molecule has 0 aliphatic heterocycles. The number of rotatable bonds is 2. The second-order valence-corrected chi connectivity index (χ2v) is 4.60. The number of halogens is 2. The molecule has 0 aliphatic rings. The number of amides is 1. The van der Waals surface area contributed by atoms with E-state index < -0.39 is 11.7 Å². The second-order valence-electron chi connectivity index (χ2n) is 3.78. The molecule has 1 heterocycles. The van der Waals surface area contributed by atoms with Crippen LogP contribution in [-0.2, 0) is 0 Å². The molecule has 92 valence electrons. The van der Waals surface area contributed by atoms with Crippen LogP contribution in [0, 0.1) is 12.7 Å². The molecule has 2 aromatic rings. The Kier molecular flexibility index (Phi) is 3.72. The summed E-state index contributed by atoms with van der Waals surface area (Å²) < 4.78 is 14.2. The van der Waals surface area contributed by atoms with Crippen molar-refractivity contribution in [2.24, 2.45) is 0 Å². The standard InChI is InChI=1S/C13H10BrFN2O/c1-8-5-6-9(10(15)7-8)13(18)17-12-4-2-3-11(14)16-12/h2-7H,1H3,(H,16,17,18). The molecule has 0 atom stereocenters. The van der Waals surface area contributed by atoms with Crippen LogP contribution >= 0.6 is 15.9 Å². The maximum absolute atomic E-state index is 13.6. The van der Waals surface area contributed by atoms with Crippen LogP contribution in [0.2, 0.25) is 0 Å². The first-order valence-corrected chi connectivity index (χ1v) is 6.05. The molecule has 0 saturated heterocycles. The van der Waals surface area contributed by atoms with Crippen molar-refractivity contribution in [2.45, 2.75) is 6.92 Å². The summed E-state index contributed by atoms with van der Waals surface area (Å²) in [6.07, 6.45) is 0. The number of carbonyl (C=O) groups is 1. The van der Waals surface area contributed by atoms with E-state index in [1.54, 1.807) is 31.2 Å². The molecule has 18 heavy (non-hydrogen) atoms. The number of aromatic nitrogens is 1. The van der Waals surface area contributed by atoms with Gasteiger partial charge in [0.1, 0.15) is 16.2 Å². The van der Waals surface area contributed by atoms with Crippen molar-refractivity contribution in [1.82, 2.24) is 4.98 Å². The highest BCUT2D eigenvalue weighted by Crippen LogP contribution is 2.14. The third kappa shape index (κ3) is 2.92. The highest BCUT2D eigenvalue weighted by Gasteiger charge is 2.12. The first-order valence-electron chi connectivity index (χ1n) is 5.26. The molecule has 0 fully saturated rings. The molecular formula is C13H10BrFN2O. The van der Waals surface area contributed by atoms with E-state index in [9.17, 15) is 9.18 Å². The molecule has 5 heteroatoms. The van der Waals surface area contributed by atoms with E-state index in [1.807, 2.05) is 0 Å². The zero-order chi connectivity index (χ0) is 13.1. The van der Waals surface area contributed by atoms with Gasteiger partial charge < -0.3 is 5.32 Å². The van der Waals surface area contributed by atoms with Gasteiger partial charge in [0, 0.05) is 0 Å². The minimum atomic E-state index is -0.539. The van der Waals surface area contributed by atoms with Crippen LogP contribution in [0.4, 0.5) is 10.2 Å². The first kappa shape index (κ1) is 12.7. The summed E-state index contributed by atoms with van der Waals surface area (Å²) in [6.45, 7) is 1.76. The Morgan fingerprint density at radius 2 is 2.11 bits per heavy atom. The number of hydrogen-bond donors (Lipinski definition) is 1. The number of nitrogens with zero attached hydrogens (tertiary/aromatic N) is 1. The monoisotopic (exact) mass is 308 g/mol. The van der Waals surface area contributed by atoms with E-state index in [1.165, 1.54) is 12.1 Å². The van der Waals surface area contributed by atoms with E-state index in [0.717, 1.165) is 5.56 Å². The van der Waals surface area contributed by atoms with Crippen molar-refractivity contribution in [1.29, 1.82) is 0 Å². The topological polar surface area (TPSA) is 42.0 Å². The quantitative estimate of drug-likeness (QED) is 0.862. The normalized spacial score (nSPS) is 10.2. The van der Waals surface area contributed by atoms with Gasteiger partial charge in [-0.2, -0.15) is 0 Å². The Bertz CT molecular complexity index is 601.